The molecule has 0 fully saturated rings. The summed E-state index contributed by atoms with van der Waals surface area (Å²) in [5.74, 6) is 0.368. The number of alkyl halides is 1. The molecule has 36 heavy (non-hydrogen) atoms. The van der Waals surface area contributed by atoms with E-state index in [-0.39, 0.29) is 6.42 Å². The van der Waals surface area contributed by atoms with Gasteiger partial charge in [-0.3, -0.25) is 4.98 Å². The van der Waals surface area contributed by atoms with Gasteiger partial charge in [0.15, 0.2) is 0 Å². The molecule has 0 spiro atoms. The van der Waals surface area contributed by atoms with Crippen LogP contribution in [0, 0.1) is 0 Å². The number of unbranched alkanes of at least 4 members (excludes halogenated alkanes) is 5. The summed E-state index contributed by atoms with van der Waals surface area (Å²) in [6.45, 7) is 6.29. The number of carbonyl (C=O) groups is 1. The van der Waals surface area contributed by atoms with Crippen molar-refractivity contribution in [1.29, 1.82) is 0 Å². The quantitative estimate of drug-likeness (QED) is 0.129. The average molecular weight is 492 g/mol. The highest BCUT2D eigenvalue weighted by molar-refractivity contribution is 5.81. The van der Waals surface area contributed by atoms with Crippen LogP contribution in [0.2, 0.25) is 0 Å². The molecule has 4 nitrogen and oxygen atoms in total. The molecule has 0 aliphatic carbocycles. The number of aromatic nitrogens is 1. The van der Waals surface area contributed by atoms with E-state index in [9.17, 15) is 9.18 Å². The maximum absolute atomic E-state index is 14.6. The Bertz CT molecular complexity index is 1060. The molecule has 2 aromatic carbocycles. The normalized spacial score (nSPS) is 12.7. The molecule has 0 bridgehead atoms. The van der Waals surface area contributed by atoms with Crippen molar-refractivity contribution in [2.24, 2.45) is 0 Å². The van der Waals surface area contributed by atoms with Gasteiger partial charge < -0.3 is 9.47 Å². The summed E-state index contributed by atoms with van der Waals surface area (Å²) < 4.78 is 25.8. The number of benzene rings is 2. The van der Waals surface area contributed by atoms with Crippen molar-refractivity contribution in [1.82, 2.24) is 4.98 Å². The van der Waals surface area contributed by atoms with E-state index >= 15 is 0 Å². The van der Waals surface area contributed by atoms with E-state index in [0.29, 0.717) is 12.2 Å². The minimum atomic E-state index is -1.98. The Hall–Kier alpha value is -3.21. The molecule has 0 saturated heterocycles. The van der Waals surface area contributed by atoms with Crippen molar-refractivity contribution >= 4 is 5.97 Å². The smallest absolute Gasteiger partial charge is 0.348 e. The molecule has 0 N–H and O–H groups in total. The predicted octanol–water partition coefficient (Wildman–Crippen LogP) is 8.59. The summed E-state index contributed by atoms with van der Waals surface area (Å²) in [5, 5.41) is 0. The Balaban J connectivity index is 1.55. The second kappa shape index (κ2) is 13.8. The highest BCUT2D eigenvalue weighted by Gasteiger charge is 2.34. The zero-order valence-electron chi connectivity index (χ0n) is 21.8. The fraction of sp³-hybridized carbons (Fsp3) is 0.419. The van der Waals surface area contributed by atoms with Crippen molar-refractivity contribution in [3.8, 4) is 33.9 Å². The SMILES string of the molecule is CCCCCCOc1ccc(-c2ccc(-c3ccc(OC(=O)C(C)(F)CCCCC)cc3)cn2)cc1. The van der Waals surface area contributed by atoms with Gasteiger partial charge in [-0.25, -0.2) is 9.18 Å². The summed E-state index contributed by atoms with van der Waals surface area (Å²) in [6.07, 6.45) is 9.28. The molecule has 5 heteroatoms. The Labute approximate surface area is 214 Å². The van der Waals surface area contributed by atoms with Crippen LogP contribution in [0.15, 0.2) is 66.9 Å². The van der Waals surface area contributed by atoms with E-state index in [2.05, 4.69) is 11.9 Å². The predicted molar refractivity (Wildman–Crippen MR) is 144 cm³/mol. The monoisotopic (exact) mass is 491 g/mol. The fourth-order valence-electron chi connectivity index (χ4n) is 3.91. The third kappa shape index (κ3) is 8.18. The van der Waals surface area contributed by atoms with Gasteiger partial charge in [-0.1, -0.05) is 64.2 Å². The number of carbonyl (C=O) groups excluding carboxylic acids is 1. The van der Waals surface area contributed by atoms with Crippen LogP contribution in [0.4, 0.5) is 4.39 Å². The van der Waals surface area contributed by atoms with Gasteiger partial charge >= 0.3 is 5.97 Å². The van der Waals surface area contributed by atoms with Gasteiger partial charge in [0.1, 0.15) is 11.5 Å². The zero-order valence-corrected chi connectivity index (χ0v) is 21.8. The summed E-state index contributed by atoms with van der Waals surface area (Å²) in [5.41, 5.74) is 1.80. The van der Waals surface area contributed by atoms with Gasteiger partial charge in [0.25, 0.3) is 0 Å². The summed E-state index contributed by atoms with van der Waals surface area (Å²) in [4.78, 5) is 16.9. The number of pyridine rings is 1. The summed E-state index contributed by atoms with van der Waals surface area (Å²) in [6, 6.07) is 19.1. The summed E-state index contributed by atoms with van der Waals surface area (Å²) >= 11 is 0. The largest absolute Gasteiger partial charge is 0.494 e. The van der Waals surface area contributed by atoms with Gasteiger partial charge in [0.05, 0.1) is 12.3 Å². The molecule has 3 aromatic rings. The highest BCUT2D eigenvalue weighted by Crippen LogP contribution is 2.27. The molecular formula is C31H38FNO3. The van der Waals surface area contributed by atoms with Crippen molar-refractivity contribution in [3.05, 3.63) is 66.9 Å². The number of rotatable bonds is 14. The van der Waals surface area contributed by atoms with E-state index in [0.717, 1.165) is 54.0 Å². The van der Waals surface area contributed by atoms with E-state index in [4.69, 9.17) is 9.47 Å². The lowest BCUT2D eigenvalue weighted by molar-refractivity contribution is -0.147. The maximum Gasteiger partial charge on any atom is 0.348 e. The molecule has 1 atom stereocenters. The van der Waals surface area contributed by atoms with Crippen LogP contribution in [-0.4, -0.2) is 23.2 Å². The third-order valence-corrected chi connectivity index (χ3v) is 6.25. The topological polar surface area (TPSA) is 48.4 Å². The number of hydrogen-bond donors (Lipinski definition) is 0. The molecule has 192 valence electrons. The lowest BCUT2D eigenvalue weighted by atomic mass is 10.0. The minimum Gasteiger partial charge on any atom is -0.494 e. The Kier molecular flexibility index (Phi) is 10.5. The van der Waals surface area contributed by atoms with Crippen LogP contribution in [0.25, 0.3) is 22.4 Å². The molecular weight excluding hydrogens is 453 g/mol. The third-order valence-electron chi connectivity index (χ3n) is 6.25. The van der Waals surface area contributed by atoms with E-state index in [1.807, 2.05) is 61.7 Å². The Morgan fingerprint density at radius 3 is 2.03 bits per heavy atom. The molecule has 0 amide bonds. The van der Waals surface area contributed by atoms with Gasteiger partial charge in [0, 0.05) is 17.3 Å². The van der Waals surface area contributed by atoms with Crippen LogP contribution < -0.4 is 9.47 Å². The fourth-order valence-corrected chi connectivity index (χ4v) is 3.91. The number of hydrogen-bond acceptors (Lipinski definition) is 4. The number of halogens is 1. The van der Waals surface area contributed by atoms with Gasteiger partial charge in [-0.15, -0.1) is 0 Å². The van der Waals surface area contributed by atoms with E-state index in [1.165, 1.54) is 26.2 Å². The molecule has 3 rings (SSSR count). The second-order valence-corrected chi connectivity index (χ2v) is 9.43. The van der Waals surface area contributed by atoms with Gasteiger partial charge in [-0.2, -0.15) is 0 Å². The van der Waals surface area contributed by atoms with E-state index in [1.54, 1.807) is 12.1 Å². The first-order chi connectivity index (χ1) is 17.4. The molecule has 0 saturated carbocycles. The van der Waals surface area contributed by atoms with E-state index < -0.39 is 11.6 Å². The molecule has 0 aliphatic heterocycles. The van der Waals surface area contributed by atoms with Crippen molar-refractivity contribution in [2.45, 2.75) is 77.8 Å². The van der Waals surface area contributed by atoms with Crippen molar-refractivity contribution in [3.63, 3.8) is 0 Å². The average Bonchev–Trinajstić information content (AvgIpc) is 2.89. The number of nitrogens with zero attached hydrogens (tertiary/aromatic N) is 1. The van der Waals surface area contributed by atoms with Crippen molar-refractivity contribution in [2.75, 3.05) is 6.61 Å². The first-order valence-electron chi connectivity index (χ1n) is 13.1. The second-order valence-electron chi connectivity index (χ2n) is 9.43. The first kappa shape index (κ1) is 27.4. The number of esters is 1. The lowest BCUT2D eigenvalue weighted by Gasteiger charge is -2.18. The van der Waals surface area contributed by atoms with Crippen LogP contribution in [0.1, 0.15) is 72.1 Å². The molecule has 0 radical (unpaired) electrons. The molecule has 1 heterocycles. The standard InChI is InChI=1S/C31H38FNO3/c1-4-6-8-10-22-35-27-16-13-25(14-17-27)29-20-15-26(23-33-29)24-11-18-28(19-12-24)36-30(34)31(3,32)21-9-7-5-2/h11-20,23H,4-10,21-22H2,1-3H3. The highest BCUT2D eigenvalue weighted by atomic mass is 19.1. The van der Waals surface area contributed by atoms with Crippen LogP contribution >= 0.6 is 0 Å². The Morgan fingerprint density at radius 1 is 0.778 bits per heavy atom. The molecule has 1 aromatic heterocycles. The first-order valence-corrected chi connectivity index (χ1v) is 13.1. The zero-order chi connectivity index (χ0) is 25.8. The molecule has 0 aliphatic rings. The Morgan fingerprint density at radius 2 is 1.39 bits per heavy atom. The van der Waals surface area contributed by atoms with Gasteiger partial charge in [0.2, 0.25) is 5.67 Å². The number of ether oxygens (including phenoxy) is 2. The van der Waals surface area contributed by atoms with Crippen LogP contribution in [0.3, 0.4) is 0 Å². The maximum atomic E-state index is 14.6. The molecule has 1 unspecified atom stereocenters. The van der Waals surface area contributed by atoms with Gasteiger partial charge in [-0.05, 0) is 74.2 Å². The minimum absolute atomic E-state index is 0.171. The lowest BCUT2D eigenvalue weighted by Crippen LogP contribution is -2.34. The summed E-state index contributed by atoms with van der Waals surface area (Å²) in [7, 11) is 0. The van der Waals surface area contributed by atoms with Crippen LogP contribution in [-0.2, 0) is 4.79 Å². The van der Waals surface area contributed by atoms with Crippen LogP contribution in [0.5, 0.6) is 11.5 Å². The van der Waals surface area contributed by atoms with Crippen molar-refractivity contribution < 1.29 is 18.7 Å².